The highest BCUT2D eigenvalue weighted by Crippen LogP contribution is 2.42. The van der Waals surface area contributed by atoms with Gasteiger partial charge in [-0.2, -0.15) is 0 Å². The van der Waals surface area contributed by atoms with Crippen LogP contribution in [0.25, 0.3) is 0 Å². The van der Waals surface area contributed by atoms with Gasteiger partial charge < -0.3 is 5.73 Å². The minimum atomic E-state index is 0.0315. The number of benzene rings is 1. The molecule has 0 bridgehead atoms. The molecule has 1 aliphatic rings. The standard InChI is InChI=1S/C12H17N/c1-2-4-10-5-3-6-11(9-10)12(13)7-8-12/h3,5-6,9H,2,4,7-8,13H2,1H3. The lowest BCUT2D eigenvalue weighted by atomic mass is 10.0. The van der Waals surface area contributed by atoms with Gasteiger partial charge in [0.25, 0.3) is 0 Å². The van der Waals surface area contributed by atoms with Crippen LogP contribution in [0, 0.1) is 0 Å². The fraction of sp³-hybridized carbons (Fsp3) is 0.500. The third-order valence-corrected chi connectivity index (χ3v) is 2.83. The van der Waals surface area contributed by atoms with Crippen LogP contribution in [0.4, 0.5) is 0 Å². The molecule has 0 aliphatic heterocycles. The van der Waals surface area contributed by atoms with Gasteiger partial charge in [-0.1, -0.05) is 37.6 Å². The van der Waals surface area contributed by atoms with E-state index in [2.05, 4.69) is 31.2 Å². The highest BCUT2D eigenvalue weighted by atomic mass is 14.8. The molecule has 0 heterocycles. The fourth-order valence-electron chi connectivity index (χ4n) is 1.75. The Bertz CT molecular complexity index is 300. The third kappa shape index (κ3) is 1.75. The lowest BCUT2D eigenvalue weighted by Crippen LogP contribution is -2.18. The molecular weight excluding hydrogens is 158 g/mol. The molecule has 0 unspecified atom stereocenters. The van der Waals surface area contributed by atoms with Crippen LogP contribution >= 0.6 is 0 Å². The molecule has 0 radical (unpaired) electrons. The molecule has 1 saturated carbocycles. The highest BCUT2D eigenvalue weighted by molar-refractivity contribution is 5.33. The number of aryl methyl sites for hydroxylation is 1. The van der Waals surface area contributed by atoms with E-state index in [1.165, 1.54) is 24.0 Å². The van der Waals surface area contributed by atoms with E-state index < -0.39 is 0 Å². The summed E-state index contributed by atoms with van der Waals surface area (Å²) >= 11 is 0. The summed E-state index contributed by atoms with van der Waals surface area (Å²) in [5.74, 6) is 0. The summed E-state index contributed by atoms with van der Waals surface area (Å²) < 4.78 is 0. The van der Waals surface area contributed by atoms with E-state index >= 15 is 0 Å². The molecule has 1 aromatic rings. The zero-order chi connectivity index (χ0) is 9.31. The van der Waals surface area contributed by atoms with Gasteiger partial charge >= 0.3 is 0 Å². The van der Waals surface area contributed by atoms with Crippen LogP contribution in [-0.2, 0) is 12.0 Å². The molecular formula is C12H17N. The van der Waals surface area contributed by atoms with Gasteiger partial charge in [-0.3, -0.25) is 0 Å². The first-order valence-corrected chi connectivity index (χ1v) is 5.13. The number of hydrogen-bond donors (Lipinski definition) is 1. The van der Waals surface area contributed by atoms with Crippen molar-refractivity contribution in [1.82, 2.24) is 0 Å². The minimum absolute atomic E-state index is 0.0315. The Morgan fingerprint density at radius 1 is 1.38 bits per heavy atom. The summed E-state index contributed by atoms with van der Waals surface area (Å²) in [4.78, 5) is 0. The number of nitrogens with two attached hydrogens (primary N) is 1. The zero-order valence-electron chi connectivity index (χ0n) is 8.22. The van der Waals surface area contributed by atoms with Gasteiger partial charge in [-0.15, -0.1) is 0 Å². The first kappa shape index (κ1) is 8.76. The second-order valence-corrected chi connectivity index (χ2v) is 4.11. The van der Waals surface area contributed by atoms with Crippen LogP contribution in [0.1, 0.15) is 37.3 Å². The smallest absolute Gasteiger partial charge is 0.0411 e. The van der Waals surface area contributed by atoms with Crippen LogP contribution in [0.15, 0.2) is 24.3 Å². The largest absolute Gasteiger partial charge is 0.321 e. The Hall–Kier alpha value is -0.820. The second-order valence-electron chi connectivity index (χ2n) is 4.11. The van der Waals surface area contributed by atoms with Crippen molar-refractivity contribution in [3.05, 3.63) is 35.4 Å². The Labute approximate surface area is 80.0 Å². The van der Waals surface area contributed by atoms with Gasteiger partial charge in [-0.05, 0) is 30.4 Å². The maximum absolute atomic E-state index is 6.13. The molecule has 2 rings (SSSR count). The number of rotatable bonds is 3. The van der Waals surface area contributed by atoms with Gasteiger partial charge in [0, 0.05) is 5.54 Å². The molecule has 0 atom stereocenters. The molecule has 70 valence electrons. The molecule has 1 aromatic carbocycles. The first-order valence-electron chi connectivity index (χ1n) is 5.13. The van der Waals surface area contributed by atoms with E-state index in [4.69, 9.17) is 5.73 Å². The van der Waals surface area contributed by atoms with Gasteiger partial charge in [0.1, 0.15) is 0 Å². The van der Waals surface area contributed by atoms with E-state index in [9.17, 15) is 0 Å². The second kappa shape index (κ2) is 3.15. The molecule has 1 fully saturated rings. The van der Waals surface area contributed by atoms with Crippen molar-refractivity contribution >= 4 is 0 Å². The van der Waals surface area contributed by atoms with Crippen LogP contribution in [0.3, 0.4) is 0 Å². The summed E-state index contributed by atoms with van der Waals surface area (Å²) in [5, 5.41) is 0. The molecule has 0 spiro atoms. The fourth-order valence-corrected chi connectivity index (χ4v) is 1.75. The summed E-state index contributed by atoms with van der Waals surface area (Å²) in [6.07, 6.45) is 4.69. The molecule has 1 aliphatic carbocycles. The monoisotopic (exact) mass is 175 g/mol. The molecule has 0 amide bonds. The van der Waals surface area contributed by atoms with Crippen LogP contribution < -0.4 is 5.73 Å². The number of hydrogen-bond acceptors (Lipinski definition) is 1. The average Bonchev–Trinajstić information content (AvgIpc) is 2.86. The highest BCUT2D eigenvalue weighted by Gasteiger charge is 2.39. The van der Waals surface area contributed by atoms with Crippen LogP contribution in [0.5, 0.6) is 0 Å². The van der Waals surface area contributed by atoms with Crippen LogP contribution in [0.2, 0.25) is 0 Å². The van der Waals surface area contributed by atoms with E-state index in [0.29, 0.717) is 0 Å². The minimum Gasteiger partial charge on any atom is -0.321 e. The van der Waals surface area contributed by atoms with E-state index in [1.807, 2.05) is 0 Å². The van der Waals surface area contributed by atoms with Crippen LogP contribution in [-0.4, -0.2) is 0 Å². The average molecular weight is 175 g/mol. The van der Waals surface area contributed by atoms with Crippen molar-refractivity contribution in [2.24, 2.45) is 5.73 Å². The van der Waals surface area contributed by atoms with Gasteiger partial charge in [0.2, 0.25) is 0 Å². The topological polar surface area (TPSA) is 26.0 Å². The summed E-state index contributed by atoms with van der Waals surface area (Å²) in [5.41, 5.74) is 8.92. The third-order valence-electron chi connectivity index (χ3n) is 2.83. The van der Waals surface area contributed by atoms with Gasteiger partial charge in [-0.25, -0.2) is 0 Å². The Balaban J connectivity index is 2.22. The van der Waals surface area contributed by atoms with E-state index in [-0.39, 0.29) is 5.54 Å². The summed E-state index contributed by atoms with van der Waals surface area (Å²) in [7, 11) is 0. The molecule has 0 saturated heterocycles. The SMILES string of the molecule is CCCc1cccc(C2(N)CC2)c1. The molecule has 13 heavy (non-hydrogen) atoms. The Morgan fingerprint density at radius 2 is 2.15 bits per heavy atom. The van der Waals surface area contributed by atoms with Crippen molar-refractivity contribution < 1.29 is 0 Å². The van der Waals surface area contributed by atoms with Crippen molar-refractivity contribution in [3.63, 3.8) is 0 Å². The summed E-state index contributed by atoms with van der Waals surface area (Å²) in [6, 6.07) is 8.76. The van der Waals surface area contributed by atoms with Gasteiger partial charge in [0.15, 0.2) is 0 Å². The summed E-state index contributed by atoms with van der Waals surface area (Å²) in [6.45, 7) is 2.21. The molecule has 1 heteroatoms. The molecule has 0 aromatic heterocycles. The predicted octanol–water partition coefficient (Wildman–Crippen LogP) is 2.59. The lowest BCUT2D eigenvalue weighted by molar-refractivity contribution is 0.737. The van der Waals surface area contributed by atoms with E-state index in [0.717, 1.165) is 12.8 Å². The zero-order valence-corrected chi connectivity index (χ0v) is 8.22. The van der Waals surface area contributed by atoms with Gasteiger partial charge in [0.05, 0.1) is 0 Å². The van der Waals surface area contributed by atoms with E-state index in [1.54, 1.807) is 0 Å². The lowest BCUT2D eigenvalue weighted by Gasteiger charge is -2.10. The van der Waals surface area contributed by atoms with Crippen molar-refractivity contribution in [2.75, 3.05) is 0 Å². The van der Waals surface area contributed by atoms with Crippen molar-refractivity contribution in [3.8, 4) is 0 Å². The Kier molecular flexibility index (Phi) is 2.12. The molecule has 1 nitrogen and oxygen atoms in total. The maximum atomic E-state index is 6.13. The molecule has 2 N–H and O–H groups in total. The maximum Gasteiger partial charge on any atom is 0.0411 e. The van der Waals surface area contributed by atoms with Crippen molar-refractivity contribution in [2.45, 2.75) is 38.1 Å². The quantitative estimate of drug-likeness (QED) is 0.750. The Morgan fingerprint density at radius 3 is 2.77 bits per heavy atom. The van der Waals surface area contributed by atoms with Crippen molar-refractivity contribution in [1.29, 1.82) is 0 Å². The normalized spacial score (nSPS) is 18.6. The first-order chi connectivity index (χ1) is 6.24. The predicted molar refractivity (Wildman–Crippen MR) is 55.5 cm³/mol.